The van der Waals surface area contributed by atoms with Crippen LogP contribution in [0.2, 0.25) is 0 Å². The van der Waals surface area contributed by atoms with Crippen LogP contribution in [-0.4, -0.2) is 77.9 Å². The van der Waals surface area contributed by atoms with E-state index in [1.54, 1.807) is 0 Å². The van der Waals surface area contributed by atoms with E-state index in [9.17, 15) is 24.2 Å². The molecule has 0 saturated carbocycles. The predicted octanol–water partition coefficient (Wildman–Crippen LogP) is 8.45. The van der Waals surface area contributed by atoms with Crippen LogP contribution in [0.3, 0.4) is 0 Å². The van der Waals surface area contributed by atoms with Crippen LogP contribution in [0.1, 0.15) is 143 Å². The molecule has 296 valence electrons. The highest BCUT2D eigenvalue weighted by molar-refractivity contribution is 7.47. The number of carbonyl (C=O) groups is 2. The molecule has 6 atom stereocenters. The summed E-state index contributed by atoms with van der Waals surface area (Å²) >= 11 is 0. The smallest absolute Gasteiger partial charge is 0.462 e. The lowest BCUT2D eigenvalue weighted by Gasteiger charge is -2.20. The Labute approximate surface area is 307 Å². The summed E-state index contributed by atoms with van der Waals surface area (Å²) in [6.07, 6.45) is 28.8. The summed E-state index contributed by atoms with van der Waals surface area (Å²) in [5.74, 6) is -0.238. The van der Waals surface area contributed by atoms with Gasteiger partial charge in [-0.1, -0.05) is 115 Å². The van der Waals surface area contributed by atoms with E-state index in [4.69, 9.17) is 23.8 Å². The molecule has 1 heterocycles. The lowest BCUT2D eigenvalue weighted by Crippen LogP contribution is -2.29. The first-order valence-electron chi connectivity index (χ1n) is 19.5. The van der Waals surface area contributed by atoms with Gasteiger partial charge in [0.1, 0.15) is 12.7 Å². The van der Waals surface area contributed by atoms with E-state index in [2.05, 4.69) is 55.7 Å². The number of hydrogen-bond acceptors (Lipinski definition) is 10. The predicted molar refractivity (Wildman–Crippen MR) is 200 cm³/mol. The molecule has 0 aromatic heterocycles. The van der Waals surface area contributed by atoms with Crippen molar-refractivity contribution in [2.45, 2.75) is 167 Å². The number of hydrogen-bond donors (Lipinski definition) is 3. The van der Waals surface area contributed by atoms with Crippen LogP contribution in [0.4, 0.5) is 0 Å². The molecule has 1 aliphatic heterocycles. The maximum atomic E-state index is 12.6. The van der Waals surface area contributed by atoms with Gasteiger partial charge in [0.15, 0.2) is 6.10 Å². The van der Waals surface area contributed by atoms with Crippen molar-refractivity contribution in [2.24, 2.45) is 5.92 Å². The zero-order valence-electron chi connectivity index (χ0n) is 31.7. The van der Waals surface area contributed by atoms with Crippen molar-refractivity contribution in [3.05, 3.63) is 36.5 Å². The maximum Gasteiger partial charge on any atom is 0.472 e. The number of rotatable bonds is 34. The van der Waals surface area contributed by atoms with Gasteiger partial charge in [-0.3, -0.25) is 18.6 Å². The van der Waals surface area contributed by atoms with Gasteiger partial charge in [-0.25, -0.2) is 4.57 Å². The van der Waals surface area contributed by atoms with Crippen LogP contribution in [0, 0.1) is 5.92 Å². The molecular formula is C39H69O11P. The molecule has 0 amide bonds. The van der Waals surface area contributed by atoms with Crippen molar-refractivity contribution in [3.8, 4) is 0 Å². The molecule has 12 heteroatoms. The van der Waals surface area contributed by atoms with Gasteiger partial charge >= 0.3 is 19.8 Å². The number of aliphatic hydroxyl groups is 2. The van der Waals surface area contributed by atoms with Crippen LogP contribution in [0.15, 0.2) is 36.5 Å². The normalized spacial score (nSPS) is 19.0. The summed E-state index contributed by atoms with van der Waals surface area (Å²) in [7, 11) is -4.63. The van der Waals surface area contributed by atoms with E-state index in [0.29, 0.717) is 19.3 Å². The minimum absolute atomic E-state index is 0.0997. The van der Waals surface area contributed by atoms with Crippen LogP contribution in [-0.2, 0) is 37.4 Å². The molecular weight excluding hydrogens is 675 g/mol. The fourth-order valence-corrected chi connectivity index (χ4v) is 5.97. The molecule has 1 aliphatic rings. The van der Waals surface area contributed by atoms with Crippen molar-refractivity contribution >= 4 is 19.8 Å². The maximum absolute atomic E-state index is 12.6. The SMILES string of the molecule is CCCCC/C=C\C/C=C\CC1OC1C/C=C\CCCC(=O)O[C@H](COC(=O)CCCCCCCCC(C)CC)COP(=O)(O)OC[C@@H](O)CO. The molecule has 0 aromatic carbocycles. The van der Waals surface area contributed by atoms with Gasteiger partial charge in [0, 0.05) is 12.8 Å². The minimum atomic E-state index is -4.63. The average molecular weight is 745 g/mol. The quantitative estimate of drug-likeness (QED) is 0.0191. The van der Waals surface area contributed by atoms with E-state index < -0.39 is 51.8 Å². The Hall–Kier alpha value is -1.85. The van der Waals surface area contributed by atoms with Crippen molar-refractivity contribution in [3.63, 3.8) is 0 Å². The Kier molecular flexibility index (Phi) is 28.3. The second-order valence-electron chi connectivity index (χ2n) is 13.6. The first kappa shape index (κ1) is 47.2. The summed E-state index contributed by atoms with van der Waals surface area (Å²) < 4.78 is 38.3. The summed E-state index contributed by atoms with van der Waals surface area (Å²) in [6, 6.07) is 0. The minimum Gasteiger partial charge on any atom is -0.462 e. The fraction of sp³-hybridized carbons (Fsp3) is 0.795. The van der Waals surface area contributed by atoms with Gasteiger partial charge < -0.3 is 29.3 Å². The number of ether oxygens (including phenoxy) is 3. The molecule has 0 spiro atoms. The number of carbonyl (C=O) groups excluding carboxylic acids is 2. The van der Waals surface area contributed by atoms with Gasteiger partial charge in [0.25, 0.3) is 0 Å². The van der Waals surface area contributed by atoms with Crippen LogP contribution < -0.4 is 0 Å². The van der Waals surface area contributed by atoms with Crippen molar-refractivity contribution < 1.29 is 52.5 Å². The Morgan fingerprint density at radius 2 is 1.37 bits per heavy atom. The fourth-order valence-electron chi connectivity index (χ4n) is 5.18. The third-order valence-corrected chi connectivity index (χ3v) is 9.69. The Balaban J connectivity index is 2.36. The standard InChI is InChI=1S/C39H69O11P/c1-4-6-7-8-9-10-11-15-20-25-36-37(50-36)26-21-17-18-23-28-39(43)49-35(32-48-51(44,45)47-30-34(41)29-40)31-46-38(42)27-22-16-13-12-14-19-24-33(3)5-2/h9-10,15,17,20-21,33-37,40-41H,4-8,11-14,16,18-19,22-32H2,1-3H3,(H,44,45)/b10-9-,20-15-,21-17-/t33?,34-,35+,36?,37?/m0/s1. The van der Waals surface area contributed by atoms with E-state index in [1.165, 1.54) is 44.9 Å². The first-order valence-corrected chi connectivity index (χ1v) is 21.0. The molecule has 1 rings (SSSR count). The third kappa shape index (κ3) is 28.3. The topological polar surface area (TPSA) is 161 Å². The second-order valence-corrected chi connectivity index (χ2v) is 15.0. The molecule has 51 heavy (non-hydrogen) atoms. The van der Waals surface area contributed by atoms with Crippen LogP contribution in [0.5, 0.6) is 0 Å². The molecule has 1 fully saturated rings. The van der Waals surface area contributed by atoms with Crippen LogP contribution in [0.25, 0.3) is 0 Å². The monoisotopic (exact) mass is 744 g/mol. The zero-order chi connectivity index (χ0) is 37.6. The summed E-state index contributed by atoms with van der Waals surface area (Å²) in [5.41, 5.74) is 0. The molecule has 0 aliphatic carbocycles. The highest BCUT2D eigenvalue weighted by atomic mass is 31.2. The zero-order valence-corrected chi connectivity index (χ0v) is 32.6. The van der Waals surface area contributed by atoms with E-state index in [1.807, 2.05) is 6.08 Å². The molecule has 0 aromatic rings. The molecule has 1 saturated heterocycles. The van der Waals surface area contributed by atoms with E-state index >= 15 is 0 Å². The van der Waals surface area contributed by atoms with Crippen molar-refractivity contribution in [2.75, 3.05) is 26.4 Å². The van der Waals surface area contributed by atoms with Gasteiger partial charge in [0.2, 0.25) is 0 Å². The summed E-state index contributed by atoms with van der Waals surface area (Å²) in [5, 5.41) is 18.3. The first-order chi connectivity index (χ1) is 24.6. The van der Waals surface area contributed by atoms with E-state index in [-0.39, 0.29) is 31.7 Å². The van der Waals surface area contributed by atoms with Crippen molar-refractivity contribution in [1.82, 2.24) is 0 Å². The Bertz CT molecular complexity index is 1030. The number of aliphatic hydroxyl groups excluding tert-OH is 2. The average Bonchev–Trinajstić information content (AvgIpc) is 3.87. The van der Waals surface area contributed by atoms with Gasteiger partial charge in [-0.05, 0) is 57.3 Å². The summed E-state index contributed by atoms with van der Waals surface area (Å²) in [6.45, 7) is 4.51. The lowest BCUT2D eigenvalue weighted by atomic mass is 10.00. The molecule has 3 N–H and O–H groups in total. The van der Waals surface area contributed by atoms with Gasteiger partial charge in [-0.15, -0.1) is 0 Å². The highest BCUT2D eigenvalue weighted by Crippen LogP contribution is 2.43. The number of phosphoric acid groups is 1. The number of unbranched alkanes of at least 4 members (excludes halogenated alkanes) is 9. The number of epoxide rings is 1. The molecule has 0 bridgehead atoms. The van der Waals surface area contributed by atoms with E-state index in [0.717, 1.165) is 50.9 Å². The van der Waals surface area contributed by atoms with Crippen molar-refractivity contribution in [1.29, 1.82) is 0 Å². The molecule has 0 radical (unpaired) electrons. The number of esters is 2. The third-order valence-electron chi connectivity index (χ3n) is 8.74. The highest BCUT2D eigenvalue weighted by Gasteiger charge is 2.36. The van der Waals surface area contributed by atoms with Crippen LogP contribution >= 0.6 is 7.82 Å². The van der Waals surface area contributed by atoms with Gasteiger partial charge in [-0.2, -0.15) is 0 Å². The molecule has 4 unspecified atom stereocenters. The Morgan fingerprint density at radius 3 is 2.08 bits per heavy atom. The largest absolute Gasteiger partial charge is 0.472 e. The molecule has 11 nitrogen and oxygen atoms in total. The second kappa shape index (κ2) is 30.6. The van der Waals surface area contributed by atoms with Gasteiger partial charge in [0.05, 0.1) is 32.0 Å². The number of phosphoric ester groups is 1. The Morgan fingerprint density at radius 1 is 0.765 bits per heavy atom. The summed E-state index contributed by atoms with van der Waals surface area (Å²) in [4.78, 5) is 34.8. The number of allylic oxidation sites excluding steroid dienone is 4. The lowest BCUT2D eigenvalue weighted by molar-refractivity contribution is -0.161.